The number of halogens is 3. The zero-order chi connectivity index (χ0) is 10.6. The summed E-state index contributed by atoms with van der Waals surface area (Å²) in [4.78, 5) is 0.498. The van der Waals surface area contributed by atoms with E-state index in [1.165, 1.54) is 0 Å². The van der Waals surface area contributed by atoms with Crippen LogP contribution in [0.4, 0.5) is 13.2 Å². The molecule has 1 aliphatic heterocycles. The van der Waals surface area contributed by atoms with Gasteiger partial charge in [0.25, 0.3) is 0 Å². The van der Waals surface area contributed by atoms with Gasteiger partial charge in [0.2, 0.25) is 0 Å². The summed E-state index contributed by atoms with van der Waals surface area (Å²) in [6.07, 6.45) is -3.35. The number of piperidine rings is 1. The molecule has 0 amide bonds. The third kappa shape index (κ3) is 3.43. The Morgan fingerprint density at radius 2 is 2.14 bits per heavy atom. The Morgan fingerprint density at radius 1 is 1.43 bits per heavy atom. The van der Waals surface area contributed by atoms with Crippen molar-refractivity contribution < 1.29 is 17.9 Å². The fourth-order valence-corrected chi connectivity index (χ4v) is 1.54. The van der Waals surface area contributed by atoms with Crippen molar-refractivity contribution in [2.75, 3.05) is 26.2 Å². The minimum atomic E-state index is -4.23. The van der Waals surface area contributed by atoms with Crippen LogP contribution in [0.3, 0.4) is 0 Å². The highest BCUT2D eigenvalue weighted by molar-refractivity contribution is 4.74. The Balaban J connectivity index is 2.36. The monoisotopic (exact) mass is 212 g/mol. The van der Waals surface area contributed by atoms with Crippen molar-refractivity contribution in [3.8, 4) is 0 Å². The molecular formula is C8H15F3N2O. The summed E-state index contributed by atoms with van der Waals surface area (Å²) in [5, 5.41) is 0. The molecule has 0 radical (unpaired) electrons. The highest BCUT2D eigenvalue weighted by Gasteiger charge is 2.39. The average molecular weight is 212 g/mol. The molecule has 1 aliphatic rings. The summed E-state index contributed by atoms with van der Waals surface area (Å²) < 4.78 is 42.0. The number of nitrogens with two attached hydrogens (primary N) is 1. The van der Waals surface area contributed by atoms with Crippen molar-refractivity contribution in [2.45, 2.75) is 25.2 Å². The van der Waals surface area contributed by atoms with Gasteiger partial charge in [-0.05, 0) is 12.8 Å². The maximum atomic E-state index is 12.3. The van der Waals surface area contributed by atoms with E-state index in [1.807, 2.05) is 0 Å². The van der Waals surface area contributed by atoms with E-state index >= 15 is 0 Å². The van der Waals surface area contributed by atoms with Crippen LogP contribution in [0.15, 0.2) is 0 Å². The molecule has 3 nitrogen and oxygen atoms in total. The molecule has 1 rings (SSSR count). The van der Waals surface area contributed by atoms with Crippen molar-refractivity contribution in [1.29, 1.82) is 0 Å². The topological polar surface area (TPSA) is 38.5 Å². The molecular weight excluding hydrogens is 197 g/mol. The van der Waals surface area contributed by atoms with Crippen molar-refractivity contribution >= 4 is 0 Å². The fourth-order valence-electron chi connectivity index (χ4n) is 1.54. The number of nitrogens with zero attached hydrogens (tertiary/aromatic N) is 1. The van der Waals surface area contributed by atoms with Gasteiger partial charge < -0.3 is 10.5 Å². The van der Waals surface area contributed by atoms with Crippen LogP contribution in [-0.4, -0.2) is 43.5 Å². The van der Waals surface area contributed by atoms with E-state index < -0.39 is 6.30 Å². The van der Waals surface area contributed by atoms with Crippen LogP contribution in [0.2, 0.25) is 0 Å². The Kier molecular flexibility index (Phi) is 4.15. The second-order valence-electron chi connectivity index (χ2n) is 3.34. The van der Waals surface area contributed by atoms with Crippen LogP contribution < -0.4 is 5.73 Å². The summed E-state index contributed by atoms with van der Waals surface area (Å²) in [5.74, 6) is 0. The maximum Gasteiger partial charge on any atom is 0.460 e. The first-order valence-corrected chi connectivity index (χ1v) is 4.67. The van der Waals surface area contributed by atoms with Crippen molar-refractivity contribution in [1.82, 2.24) is 4.90 Å². The summed E-state index contributed by atoms with van der Waals surface area (Å²) >= 11 is 0. The van der Waals surface area contributed by atoms with Gasteiger partial charge >= 0.3 is 6.30 Å². The summed E-state index contributed by atoms with van der Waals surface area (Å²) in [6.45, 7) is 0.689. The Bertz CT molecular complexity index is 174. The van der Waals surface area contributed by atoms with Gasteiger partial charge in [0, 0.05) is 19.6 Å². The molecule has 1 atom stereocenters. The molecule has 1 unspecified atom stereocenters. The summed E-state index contributed by atoms with van der Waals surface area (Å²) in [6, 6.07) is 0. The first-order chi connectivity index (χ1) is 6.54. The Labute approximate surface area is 81.0 Å². The van der Waals surface area contributed by atoms with Gasteiger partial charge in [0.1, 0.15) is 0 Å². The largest absolute Gasteiger partial charge is 0.460 e. The second kappa shape index (κ2) is 4.95. The molecule has 0 saturated carbocycles. The fraction of sp³-hybridized carbons (Fsp3) is 1.00. The molecule has 2 N–H and O–H groups in total. The minimum absolute atomic E-state index is 0.0660. The first-order valence-electron chi connectivity index (χ1n) is 4.67. The molecule has 1 saturated heterocycles. The highest BCUT2D eigenvalue weighted by atomic mass is 19.4. The average Bonchev–Trinajstić information content (AvgIpc) is 2.14. The van der Waals surface area contributed by atoms with Crippen molar-refractivity contribution in [2.24, 2.45) is 5.73 Å². The van der Waals surface area contributed by atoms with Gasteiger partial charge in [-0.15, -0.1) is 0 Å². The predicted molar refractivity (Wildman–Crippen MR) is 45.7 cm³/mol. The van der Waals surface area contributed by atoms with Crippen molar-refractivity contribution in [3.63, 3.8) is 0 Å². The lowest BCUT2D eigenvalue weighted by Crippen LogP contribution is -2.47. The van der Waals surface area contributed by atoms with Crippen LogP contribution in [0.1, 0.15) is 12.8 Å². The van der Waals surface area contributed by atoms with Gasteiger partial charge in [-0.25, -0.2) is 4.90 Å². The van der Waals surface area contributed by atoms with E-state index in [1.54, 1.807) is 0 Å². The number of ether oxygens (including phenoxy) is 1. The van der Waals surface area contributed by atoms with Gasteiger partial charge in [-0.3, -0.25) is 0 Å². The van der Waals surface area contributed by atoms with Crippen LogP contribution in [-0.2, 0) is 4.74 Å². The smallest absolute Gasteiger partial charge is 0.376 e. The van der Waals surface area contributed by atoms with Crippen molar-refractivity contribution in [3.05, 3.63) is 0 Å². The molecule has 0 aromatic rings. The number of hydrogen-bond donors (Lipinski definition) is 1. The van der Waals surface area contributed by atoms with Gasteiger partial charge in [-0.1, -0.05) is 0 Å². The molecule has 0 bridgehead atoms. The van der Waals surface area contributed by atoms with E-state index in [-0.39, 0.29) is 19.2 Å². The van der Waals surface area contributed by atoms with Crippen LogP contribution in [0.5, 0.6) is 0 Å². The lowest BCUT2D eigenvalue weighted by atomic mass is 10.1. The summed E-state index contributed by atoms with van der Waals surface area (Å²) in [7, 11) is 0. The minimum Gasteiger partial charge on any atom is -0.376 e. The molecule has 0 aliphatic carbocycles. The molecule has 0 aromatic heterocycles. The molecule has 6 heteroatoms. The molecule has 0 aromatic carbocycles. The van der Waals surface area contributed by atoms with E-state index in [0.29, 0.717) is 30.9 Å². The lowest BCUT2D eigenvalue weighted by molar-refractivity contribution is -0.258. The van der Waals surface area contributed by atoms with Gasteiger partial charge in [0.05, 0.1) is 12.7 Å². The summed E-state index contributed by atoms with van der Waals surface area (Å²) in [5.41, 5.74) is 5.21. The molecule has 1 heterocycles. The quantitative estimate of drug-likeness (QED) is 0.708. The zero-order valence-electron chi connectivity index (χ0n) is 7.89. The standard InChI is InChI=1S/C8H15F3N2O/c9-8(10,11)13-4-1-2-7(6-13)14-5-3-12/h7H,1-6,12H2. The third-order valence-electron chi connectivity index (χ3n) is 2.21. The van der Waals surface area contributed by atoms with Gasteiger partial charge in [0.15, 0.2) is 0 Å². The highest BCUT2D eigenvalue weighted by Crippen LogP contribution is 2.26. The number of likely N-dealkylation sites (tertiary alicyclic amines) is 1. The Hall–Kier alpha value is -0.330. The zero-order valence-corrected chi connectivity index (χ0v) is 7.89. The molecule has 14 heavy (non-hydrogen) atoms. The van der Waals surface area contributed by atoms with Crippen LogP contribution in [0.25, 0.3) is 0 Å². The maximum absolute atomic E-state index is 12.3. The second-order valence-corrected chi connectivity index (χ2v) is 3.34. The molecule has 1 fully saturated rings. The SMILES string of the molecule is NCCOC1CCCN(C(F)(F)F)C1. The molecule has 0 spiro atoms. The normalized spacial score (nSPS) is 25.3. The van der Waals surface area contributed by atoms with E-state index in [4.69, 9.17) is 10.5 Å². The molecule has 84 valence electrons. The van der Waals surface area contributed by atoms with Crippen LogP contribution in [0, 0.1) is 0 Å². The third-order valence-corrected chi connectivity index (χ3v) is 2.21. The lowest BCUT2D eigenvalue weighted by Gasteiger charge is -2.33. The van der Waals surface area contributed by atoms with E-state index in [9.17, 15) is 13.2 Å². The van der Waals surface area contributed by atoms with Crippen LogP contribution >= 0.6 is 0 Å². The van der Waals surface area contributed by atoms with E-state index in [0.717, 1.165) is 0 Å². The number of alkyl halides is 3. The number of hydrogen-bond acceptors (Lipinski definition) is 3. The van der Waals surface area contributed by atoms with E-state index in [2.05, 4.69) is 0 Å². The number of rotatable bonds is 3. The van der Waals surface area contributed by atoms with Gasteiger partial charge in [-0.2, -0.15) is 13.2 Å². The Morgan fingerprint density at radius 3 is 2.71 bits per heavy atom. The predicted octanol–water partition coefficient (Wildman–Crippen LogP) is 0.946. The first kappa shape index (κ1) is 11.7.